The van der Waals surface area contributed by atoms with E-state index in [1.807, 2.05) is 31.2 Å². The van der Waals surface area contributed by atoms with Gasteiger partial charge in [0.25, 0.3) is 0 Å². The fourth-order valence-electron chi connectivity index (χ4n) is 1.95. The average molecular weight is 294 g/mol. The van der Waals surface area contributed by atoms with E-state index >= 15 is 0 Å². The number of benzene rings is 1. The highest BCUT2D eigenvalue weighted by Crippen LogP contribution is 2.20. The summed E-state index contributed by atoms with van der Waals surface area (Å²) in [6.07, 6.45) is 0. The van der Waals surface area contributed by atoms with E-state index in [0.717, 1.165) is 17.0 Å². The third-order valence-corrected chi connectivity index (χ3v) is 4.28. The minimum absolute atomic E-state index is 0.178. The maximum atomic E-state index is 12.2. The first-order valence-corrected chi connectivity index (χ1v) is 7.47. The minimum Gasteiger partial charge on any atom is -0.468 e. The second kappa shape index (κ2) is 6.65. The number of hydrogen-bond acceptors (Lipinski definition) is 4. The van der Waals surface area contributed by atoms with E-state index in [1.54, 1.807) is 4.90 Å². The van der Waals surface area contributed by atoms with Crippen molar-refractivity contribution in [3.8, 4) is 0 Å². The van der Waals surface area contributed by atoms with Gasteiger partial charge in [-0.25, -0.2) is 4.79 Å². The Labute approximate surface area is 122 Å². The van der Waals surface area contributed by atoms with Crippen LogP contribution < -0.4 is 5.32 Å². The van der Waals surface area contributed by atoms with Gasteiger partial charge in [0.05, 0.1) is 7.11 Å². The summed E-state index contributed by atoms with van der Waals surface area (Å²) in [5, 5.41) is 2.55. The standard InChI is InChI=1S/C14H18N2O3S/c1-10-3-5-11(6-4-10)15-14(18)16-7-8-20-12(9-16)13(17)19-2/h3-6,12H,7-9H2,1-2H3,(H,15,18). The molecule has 2 amide bonds. The molecule has 6 heteroatoms. The molecule has 0 radical (unpaired) electrons. The molecule has 1 aromatic rings. The monoisotopic (exact) mass is 294 g/mol. The largest absolute Gasteiger partial charge is 0.468 e. The van der Waals surface area contributed by atoms with E-state index in [0.29, 0.717) is 13.1 Å². The number of urea groups is 1. The van der Waals surface area contributed by atoms with Crippen LogP contribution in [0.15, 0.2) is 24.3 Å². The Kier molecular flexibility index (Phi) is 4.89. The molecule has 108 valence electrons. The highest BCUT2D eigenvalue weighted by atomic mass is 32.2. The van der Waals surface area contributed by atoms with Crippen molar-refractivity contribution in [1.82, 2.24) is 4.90 Å². The van der Waals surface area contributed by atoms with E-state index in [2.05, 4.69) is 5.32 Å². The number of hydrogen-bond donors (Lipinski definition) is 1. The minimum atomic E-state index is -0.294. The molecule has 1 aromatic carbocycles. The van der Waals surface area contributed by atoms with Gasteiger partial charge >= 0.3 is 12.0 Å². The van der Waals surface area contributed by atoms with Gasteiger partial charge in [-0.1, -0.05) is 17.7 Å². The Morgan fingerprint density at radius 3 is 2.70 bits per heavy atom. The van der Waals surface area contributed by atoms with Crippen molar-refractivity contribution in [2.75, 3.05) is 31.3 Å². The fraction of sp³-hybridized carbons (Fsp3) is 0.429. The van der Waals surface area contributed by atoms with Gasteiger partial charge in [0.2, 0.25) is 0 Å². The number of carbonyl (C=O) groups is 2. The summed E-state index contributed by atoms with van der Waals surface area (Å²) in [5.74, 6) is 0.462. The van der Waals surface area contributed by atoms with Crippen LogP contribution in [0.25, 0.3) is 0 Å². The molecule has 0 saturated carbocycles. The molecule has 0 spiro atoms. The van der Waals surface area contributed by atoms with Crippen LogP contribution in [0, 0.1) is 6.92 Å². The Morgan fingerprint density at radius 1 is 1.35 bits per heavy atom. The molecule has 0 aromatic heterocycles. The normalized spacial score (nSPS) is 18.5. The number of thioether (sulfide) groups is 1. The second-order valence-electron chi connectivity index (χ2n) is 4.62. The maximum Gasteiger partial charge on any atom is 0.321 e. The molecule has 1 fully saturated rings. The summed E-state index contributed by atoms with van der Waals surface area (Å²) in [4.78, 5) is 25.3. The fourth-order valence-corrected chi connectivity index (χ4v) is 3.08. The zero-order valence-electron chi connectivity index (χ0n) is 11.6. The van der Waals surface area contributed by atoms with Crippen LogP contribution in [0.5, 0.6) is 0 Å². The summed E-state index contributed by atoms with van der Waals surface area (Å²) in [5.41, 5.74) is 1.90. The lowest BCUT2D eigenvalue weighted by Crippen LogP contribution is -2.46. The van der Waals surface area contributed by atoms with Crippen LogP contribution in [0.1, 0.15) is 5.56 Å². The van der Waals surface area contributed by atoms with Crippen LogP contribution in [0.4, 0.5) is 10.5 Å². The molecule has 0 aliphatic carbocycles. The van der Waals surface area contributed by atoms with Crippen molar-refractivity contribution in [3.63, 3.8) is 0 Å². The molecule has 5 nitrogen and oxygen atoms in total. The summed E-state index contributed by atoms with van der Waals surface area (Å²) < 4.78 is 4.73. The predicted octanol–water partition coefficient (Wildman–Crippen LogP) is 2.12. The molecule has 1 atom stereocenters. The number of anilines is 1. The number of nitrogens with zero attached hydrogens (tertiary/aromatic N) is 1. The predicted molar refractivity (Wildman–Crippen MR) is 80.0 cm³/mol. The lowest BCUT2D eigenvalue weighted by molar-refractivity contribution is -0.140. The molecule has 20 heavy (non-hydrogen) atoms. The lowest BCUT2D eigenvalue weighted by Gasteiger charge is -2.30. The number of esters is 1. The van der Waals surface area contributed by atoms with Gasteiger partial charge in [-0.15, -0.1) is 11.8 Å². The van der Waals surface area contributed by atoms with Gasteiger partial charge in [-0.2, -0.15) is 0 Å². The third kappa shape index (κ3) is 3.66. The molecule has 1 saturated heterocycles. The zero-order chi connectivity index (χ0) is 14.5. The number of nitrogens with one attached hydrogen (secondary N) is 1. The van der Waals surface area contributed by atoms with Crippen LogP contribution in [-0.4, -0.2) is 48.1 Å². The second-order valence-corrected chi connectivity index (χ2v) is 5.94. The molecule has 1 aliphatic rings. The number of methoxy groups -OCH3 is 1. The summed E-state index contributed by atoms with van der Waals surface area (Å²) in [7, 11) is 1.37. The van der Waals surface area contributed by atoms with E-state index in [1.165, 1.54) is 18.9 Å². The van der Waals surface area contributed by atoms with E-state index in [9.17, 15) is 9.59 Å². The topological polar surface area (TPSA) is 58.6 Å². The van der Waals surface area contributed by atoms with E-state index in [4.69, 9.17) is 4.74 Å². The number of carbonyl (C=O) groups excluding carboxylic acids is 2. The molecular weight excluding hydrogens is 276 g/mol. The molecule has 1 aliphatic heterocycles. The van der Waals surface area contributed by atoms with Crippen molar-refractivity contribution >= 4 is 29.4 Å². The smallest absolute Gasteiger partial charge is 0.321 e. The Bertz CT molecular complexity index is 490. The number of aryl methyl sites for hydroxylation is 1. The van der Waals surface area contributed by atoms with Crippen LogP contribution in [0.3, 0.4) is 0 Å². The molecule has 2 rings (SSSR count). The van der Waals surface area contributed by atoms with Crippen LogP contribution in [-0.2, 0) is 9.53 Å². The van der Waals surface area contributed by atoms with Crippen LogP contribution >= 0.6 is 11.8 Å². The number of ether oxygens (including phenoxy) is 1. The zero-order valence-corrected chi connectivity index (χ0v) is 12.4. The average Bonchev–Trinajstić information content (AvgIpc) is 2.49. The van der Waals surface area contributed by atoms with Crippen LogP contribution in [0.2, 0.25) is 0 Å². The summed E-state index contributed by atoms with van der Waals surface area (Å²) in [6, 6.07) is 7.44. The van der Waals surface area contributed by atoms with Gasteiger partial charge < -0.3 is 15.0 Å². The highest BCUT2D eigenvalue weighted by molar-refractivity contribution is 8.00. The first kappa shape index (κ1) is 14.7. The molecule has 1 N–H and O–H groups in total. The van der Waals surface area contributed by atoms with Gasteiger partial charge in [0.15, 0.2) is 0 Å². The summed E-state index contributed by atoms with van der Waals surface area (Å²) >= 11 is 1.53. The maximum absolute atomic E-state index is 12.2. The van der Waals surface area contributed by atoms with Crippen molar-refractivity contribution in [3.05, 3.63) is 29.8 Å². The third-order valence-electron chi connectivity index (χ3n) is 3.12. The molecule has 1 heterocycles. The van der Waals surface area contributed by atoms with Crippen molar-refractivity contribution in [1.29, 1.82) is 0 Å². The van der Waals surface area contributed by atoms with Crippen molar-refractivity contribution < 1.29 is 14.3 Å². The molecule has 1 unspecified atom stereocenters. The Hall–Kier alpha value is -1.69. The number of rotatable bonds is 2. The summed E-state index contributed by atoms with van der Waals surface area (Å²) in [6.45, 7) is 3.01. The van der Waals surface area contributed by atoms with Gasteiger partial charge in [-0.05, 0) is 19.1 Å². The quantitative estimate of drug-likeness (QED) is 0.849. The SMILES string of the molecule is COC(=O)C1CN(C(=O)Nc2ccc(C)cc2)CCS1. The van der Waals surface area contributed by atoms with Crippen molar-refractivity contribution in [2.45, 2.75) is 12.2 Å². The van der Waals surface area contributed by atoms with E-state index < -0.39 is 0 Å². The highest BCUT2D eigenvalue weighted by Gasteiger charge is 2.29. The first-order chi connectivity index (χ1) is 9.60. The first-order valence-electron chi connectivity index (χ1n) is 6.42. The van der Waals surface area contributed by atoms with Crippen molar-refractivity contribution in [2.24, 2.45) is 0 Å². The van der Waals surface area contributed by atoms with Gasteiger partial charge in [0.1, 0.15) is 5.25 Å². The lowest BCUT2D eigenvalue weighted by atomic mass is 10.2. The Balaban J connectivity index is 1.95. The molecule has 0 bridgehead atoms. The van der Waals surface area contributed by atoms with Gasteiger partial charge in [-0.3, -0.25) is 4.79 Å². The van der Waals surface area contributed by atoms with Gasteiger partial charge in [0, 0.05) is 24.5 Å². The molecular formula is C14H18N2O3S. The Morgan fingerprint density at radius 2 is 2.05 bits per heavy atom. The number of amides is 2. The van der Waals surface area contributed by atoms with E-state index in [-0.39, 0.29) is 17.3 Å².